The van der Waals surface area contributed by atoms with Gasteiger partial charge in [-0.25, -0.2) is 0 Å². The van der Waals surface area contributed by atoms with Crippen molar-refractivity contribution in [3.05, 3.63) is 41.3 Å². The van der Waals surface area contributed by atoms with Crippen LogP contribution in [0.2, 0.25) is 0 Å². The standard InChI is InChI=1S/C18H19NO6S/c1-4-8-25-13-7-6-12(9-14(13)24-5-2)10-15-17(21)19(18(22)26-15)11-16(20)23-3/h4,6-7,9-10H,1,5,8,11H2,2-3H3/b15-10-. The van der Waals surface area contributed by atoms with E-state index in [9.17, 15) is 14.4 Å². The van der Waals surface area contributed by atoms with Crippen LogP contribution in [0.3, 0.4) is 0 Å². The van der Waals surface area contributed by atoms with E-state index in [2.05, 4.69) is 11.3 Å². The highest BCUT2D eigenvalue weighted by Gasteiger charge is 2.36. The Bertz CT molecular complexity index is 758. The minimum atomic E-state index is -0.657. The molecule has 7 nitrogen and oxygen atoms in total. The molecule has 0 saturated carbocycles. The molecule has 1 saturated heterocycles. The molecule has 0 N–H and O–H groups in total. The van der Waals surface area contributed by atoms with Crippen LogP contribution in [0, 0.1) is 0 Å². The van der Waals surface area contributed by atoms with Crippen molar-refractivity contribution >= 4 is 35.0 Å². The van der Waals surface area contributed by atoms with Crippen molar-refractivity contribution in [2.45, 2.75) is 6.92 Å². The smallest absolute Gasteiger partial charge is 0.325 e. The molecule has 1 aliphatic rings. The predicted octanol–water partition coefficient (Wildman–Crippen LogP) is 2.86. The average Bonchev–Trinajstić information content (AvgIpc) is 2.88. The quantitative estimate of drug-likeness (QED) is 0.391. The minimum Gasteiger partial charge on any atom is -0.490 e. The summed E-state index contributed by atoms with van der Waals surface area (Å²) in [5, 5.41) is -0.511. The summed E-state index contributed by atoms with van der Waals surface area (Å²) in [6, 6.07) is 5.18. The van der Waals surface area contributed by atoms with Crippen molar-refractivity contribution < 1.29 is 28.6 Å². The number of benzene rings is 1. The molecule has 138 valence electrons. The Labute approximate surface area is 155 Å². The second-order valence-electron chi connectivity index (χ2n) is 5.08. The van der Waals surface area contributed by atoms with E-state index >= 15 is 0 Å². The van der Waals surface area contributed by atoms with Gasteiger partial charge >= 0.3 is 5.97 Å². The van der Waals surface area contributed by atoms with E-state index in [0.717, 1.165) is 16.7 Å². The van der Waals surface area contributed by atoms with Crippen molar-refractivity contribution in [3.8, 4) is 11.5 Å². The second-order valence-corrected chi connectivity index (χ2v) is 6.08. The van der Waals surface area contributed by atoms with Crippen LogP contribution in [-0.2, 0) is 14.3 Å². The van der Waals surface area contributed by atoms with Crippen LogP contribution >= 0.6 is 11.8 Å². The lowest BCUT2D eigenvalue weighted by atomic mass is 10.2. The van der Waals surface area contributed by atoms with Gasteiger partial charge in [-0.1, -0.05) is 18.7 Å². The van der Waals surface area contributed by atoms with Gasteiger partial charge in [0.05, 0.1) is 18.6 Å². The van der Waals surface area contributed by atoms with E-state index in [1.54, 1.807) is 30.4 Å². The van der Waals surface area contributed by atoms with Gasteiger partial charge in [0.25, 0.3) is 11.1 Å². The predicted molar refractivity (Wildman–Crippen MR) is 98.0 cm³/mol. The zero-order chi connectivity index (χ0) is 19.1. The number of carbonyl (C=O) groups excluding carboxylic acids is 3. The number of carbonyl (C=O) groups is 3. The van der Waals surface area contributed by atoms with E-state index < -0.39 is 23.7 Å². The molecular weight excluding hydrogens is 358 g/mol. The summed E-state index contributed by atoms with van der Waals surface area (Å²) in [7, 11) is 1.20. The van der Waals surface area contributed by atoms with Gasteiger partial charge < -0.3 is 14.2 Å². The van der Waals surface area contributed by atoms with Gasteiger partial charge in [0.15, 0.2) is 11.5 Å². The lowest BCUT2D eigenvalue weighted by Crippen LogP contribution is -2.34. The van der Waals surface area contributed by atoms with Crippen LogP contribution < -0.4 is 9.47 Å². The molecule has 1 aromatic rings. The number of rotatable bonds is 8. The Balaban J connectivity index is 2.24. The summed E-state index contributed by atoms with van der Waals surface area (Å²) >= 11 is 0.772. The molecule has 1 aromatic carbocycles. The molecular formula is C18H19NO6S. The van der Waals surface area contributed by atoms with E-state index in [4.69, 9.17) is 9.47 Å². The fourth-order valence-corrected chi connectivity index (χ4v) is 2.97. The van der Waals surface area contributed by atoms with Crippen molar-refractivity contribution in [1.29, 1.82) is 0 Å². The molecule has 0 bridgehead atoms. The van der Waals surface area contributed by atoms with Gasteiger partial charge in [-0.3, -0.25) is 19.3 Å². The van der Waals surface area contributed by atoms with Crippen LogP contribution in [0.1, 0.15) is 12.5 Å². The van der Waals surface area contributed by atoms with Gasteiger partial charge in [0, 0.05) is 0 Å². The number of thioether (sulfide) groups is 1. The van der Waals surface area contributed by atoms with Crippen LogP contribution in [0.15, 0.2) is 35.8 Å². The molecule has 2 amide bonds. The molecule has 1 aliphatic heterocycles. The SMILES string of the molecule is C=CCOc1ccc(/C=C2\SC(=O)N(CC(=O)OC)C2=O)cc1OCC. The van der Waals surface area contributed by atoms with Crippen LogP contribution in [0.4, 0.5) is 4.79 Å². The molecule has 26 heavy (non-hydrogen) atoms. The number of ether oxygens (including phenoxy) is 3. The zero-order valence-electron chi connectivity index (χ0n) is 14.5. The molecule has 0 aliphatic carbocycles. The summed E-state index contributed by atoms with van der Waals surface area (Å²) in [4.78, 5) is 36.7. The molecule has 0 spiro atoms. The molecule has 1 fully saturated rings. The molecule has 0 atom stereocenters. The molecule has 0 unspecified atom stereocenters. The number of hydrogen-bond donors (Lipinski definition) is 0. The minimum absolute atomic E-state index is 0.223. The summed E-state index contributed by atoms with van der Waals surface area (Å²) in [6.07, 6.45) is 3.20. The molecule has 8 heteroatoms. The van der Waals surface area contributed by atoms with Crippen molar-refractivity contribution in [1.82, 2.24) is 4.90 Å². The fourth-order valence-electron chi connectivity index (χ4n) is 2.13. The Morgan fingerprint density at radius 1 is 1.27 bits per heavy atom. The molecule has 1 heterocycles. The lowest BCUT2D eigenvalue weighted by Gasteiger charge is -2.11. The van der Waals surface area contributed by atoms with E-state index in [1.807, 2.05) is 6.92 Å². The van der Waals surface area contributed by atoms with E-state index in [-0.39, 0.29) is 4.91 Å². The van der Waals surface area contributed by atoms with Gasteiger partial charge in [-0.15, -0.1) is 0 Å². The second kappa shape index (κ2) is 9.10. The van der Waals surface area contributed by atoms with Crippen LogP contribution in [-0.4, -0.2) is 48.9 Å². The Hall–Kier alpha value is -2.74. The van der Waals surface area contributed by atoms with E-state index in [1.165, 1.54) is 7.11 Å². The van der Waals surface area contributed by atoms with Gasteiger partial charge in [-0.05, 0) is 42.5 Å². The maximum atomic E-state index is 12.3. The number of imide groups is 1. The first-order valence-electron chi connectivity index (χ1n) is 7.82. The van der Waals surface area contributed by atoms with Gasteiger partial charge in [0.2, 0.25) is 0 Å². The maximum Gasteiger partial charge on any atom is 0.325 e. The molecule has 0 radical (unpaired) electrons. The number of esters is 1. The van der Waals surface area contributed by atoms with Gasteiger partial charge in [-0.2, -0.15) is 0 Å². The third-order valence-electron chi connectivity index (χ3n) is 3.31. The van der Waals surface area contributed by atoms with Crippen molar-refractivity contribution in [2.24, 2.45) is 0 Å². The first kappa shape index (κ1) is 19.6. The number of amides is 2. The normalized spacial score (nSPS) is 15.3. The van der Waals surface area contributed by atoms with E-state index in [0.29, 0.717) is 30.3 Å². The summed E-state index contributed by atoms with van der Waals surface area (Å²) < 4.78 is 15.6. The van der Waals surface area contributed by atoms with Crippen molar-refractivity contribution in [2.75, 3.05) is 26.9 Å². The third kappa shape index (κ3) is 4.66. The van der Waals surface area contributed by atoms with Crippen LogP contribution in [0.5, 0.6) is 11.5 Å². The number of hydrogen-bond acceptors (Lipinski definition) is 7. The largest absolute Gasteiger partial charge is 0.490 e. The van der Waals surface area contributed by atoms with Crippen LogP contribution in [0.25, 0.3) is 6.08 Å². The summed E-state index contributed by atoms with van der Waals surface area (Å²) in [6.45, 7) is 5.83. The number of methoxy groups -OCH3 is 1. The zero-order valence-corrected chi connectivity index (χ0v) is 15.3. The molecule has 2 rings (SSSR count). The highest BCUT2D eigenvalue weighted by molar-refractivity contribution is 8.18. The Morgan fingerprint density at radius 2 is 2.04 bits per heavy atom. The highest BCUT2D eigenvalue weighted by Crippen LogP contribution is 2.34. The third-order valence-corrected chi connectivity index (χ3v) is 4.22. The fraction of sp³-hybridized carbons (Fsp3) is 0.278. The first-order valence-corrected chi connectivity index (χ1v) is 8.64. The maximum absolute atomic E-state index is 12.3. The summed E-state index contributed by atoms with van der Waals surface area (Å²) in [5.41, 5.74) is 0.669. The van der Waals surface area contributed by atoms with Crippen molar-refractivity contribution in [3.63, 3.8) is 0 Å². The number of nitrogens with zero attached hydrogens (tertiary/aromatic N) is 1. The van der Waals surface area contributed by atoms with Gasteiger partial charge in [0.1, 0.15) is 13.2 Å². The highest BCUT2D eigenvalue weighted by atomic mass is 32.2. The first-order chi connectivity index (χ1) is 12.5. The lowest BCUT2D eigenvalue weighted by molar-refractivity contribution is -0.143. The summed E-state index contributed by atoms with van der Waals surface area (Å²) in [5.74, 6) is -0.106. The Kier molecular flexibility index (Phi) is 6.85. The molecule has 0 aromatic heterocycles. The topological polar surface area (TPSA) is 82.1 Å². The monoisotopic (exact) mass is 377 g/mol. The Morgan fingerprint density at radius 3 is 2.69 bits per heavy atom. The average molecular weight is 377 g/mol.